The lowest BCUT2D eigenvalue weighted by Crippen LogP contribution is -2.40. The molecule has 8 nitrogen and oxygen atoms in total. The van der Waals surface area contributed by atoms with Gasteiger partial charge in [0.15, 0.2) is 0 Å². The first kappa shape index (κ1) is 14.3. The molecule has 4 rings (SSSR count). The van der Waals surface area contributed by atoms with E-state index in [2.05, 4.69) is 32.5 Å². The van der Waals surface area contributed by atoms with Crippen LogP contribution in [-0.4, -0.2) is 56.3 Å². The van der Waals surface area contributed by atoms with Crippen molar-refractivity contribution in [3.63, 3.8) is 0 Å². The fourth-order valence-electron chi connectivity index (χ4n) is 2.94. The predicted molar refractivity (Wildman–Crippen MR) is 82.6 cm³/mol. The van der Waals surface area contributed by atoms with Crippen molar-refractivity contribution in [2.75, 3.05) is 20.1 Å². The third kappa shape index (κ3) is 2.60. The van der Waals surface area contributed by atoms with Crippen molar-refractivity contribution in [2.24, 2.45) is 7.05 Å². The highest BCUT2D eigenvalue weighted by Gasteiger charge is 2.28. The molecule has 0 bridgehead atoms. The number of rotatable bonds is 2. The van der Waals surface area contributed by atoms with Crippen molar-refractivity contribution < 1.29 is 9.15 Å². The van der Waals surface area contributed by atoms with Gasteiger partial charge in [0.25, 0.3) is 0 Å². The molecule has 3 aromatic rings. The quantitative estimate of drug-likeness (QED) is 0.707. The van der Waals surface area contributed by atoms with E-state index in [1.54, 1.807) is 4.68 Å². The van der Waals surface area contributed by atoms with Crippen molar-refractivity contribution in [2.45, 2.75) is 19.1 Å². The minimum Gasteiger partial charge on any atom is -0.418 e. The molecule has 0 unspecified atom stereocenters. The zero-order valence-corrected chi connectivity index (χ0v) is 13.3. The number of nitrogens with zero attached hydrogens (tertiary/aromatic N) is 6. The molecule has 0 spiro atoms. The van der Waals surface area contributed by atoms with Gasteiger partial charge in [-0.25, -0.2) is 4.68 Å². The van der Waals surface area contributed by atoms with Crippen LogP contribution in [0.1, 0.15) is 18.9 Å². The third-order valence-corrected chi connectivity index (χ3v) is 4.02. The summed E-state index contributed by atoms with van der Waals surface area (Å²) in [6, 6.07) is 5.75. The Balaban J connectivity index is 1.65. The summed E-state index contributed by atoms with van der Waals surface area (Å²) in [5.41, 5.74) is 2.60. The molecular weight excluding hydrogens is 296 g/mol. The first-order valence-electron chi connectivity index (χ1n) is 7.57. The normalized spacial score (nSPS) is 22.7. The lowest BCUT2D eigenvalue weighted by molar-refractivity contribution is -0.0821. The fourth-order valence-corrected chi connectivity index (χ4v) is 2.94. The van der Waals surface area contributed by atoms with Crippen LogP contribution in [0.2, 0.25) is 0 Å². The van der Waals surface area contributed by atoms with E-state index in [9.17, 15) is 0 Å². The standard InChI is InChI=1S/C15H18N6O2/c1-9-7-20(2)8-13(22-9)15-18-17-14(23-15)10-4-5-11-12(6-10)21(3)19-16-11/h4-6,9,13H,7-8H2,1-3H3/t9-,13-/m1/s1. The second-order valence-corrected chi connectivity index (χ2v) is 6.02. The fraction of sp³-hybridized carbons (Fsp3) is 0.467. The molecular formula is C15H18N6O2. The highest BCUT2D eigenvalue weighted by atomic mass is 16.5. The molecule has 1 fully saturated rings. The van der Waals surface area contributed by atoms with E-state index in [1.807, 2.05) is 32.2 Å². The van der Waals surface area contributed by atoms with Crippen molar-refractivity contribution in [1.29, 1.82) is 0 Å². The van der Waals surface area contributed by atoms with Gasteiger partial charge in [0.2, 0.25) is 11.8 Å². The van der Waals surface area contributed by atoms with Crippen LogP contribution in [0.5, 0.6) is 0 Å². The minimum atomic E-state index is -0.188. The molecule has 0 aliphatic carbocycles. The maximum atomic E-state index is 5.91. The number of hydrogen-bond donors (Lipinski definition) is 0. The van der Waals surface area contributed by atoms with Crippen LogP contribution in [0.3, 0.4) is 0 Å². The Bertz CT molecular complexity index is 831. The number of hydrogen-bond acceptors (Lipinski definition) is 7. The number of ether oxygens (including phenoxy) is 1. The molecule has 0 N–H and O–H groups in total. The lowest BCUT2D eigenvalue weighted by Gasteiger charge is -2.32. The van der Waals surface area contributed by atoms with Gasteiger partial charge < -0.3 is 14.1 Å². The Morgan fingerprint density at radius 1 is 1.13 bits per heavy atom. The number of aromatic nitrogens is 5. The SMILES string of the molecule is C[C@@H]1CN(C)C[C@H](c2nnc(-c3ccc4nnn(C)c4c3)o2)O1. The second-order valence-electron chi connectivity index (χ2n) is 6.02. The summed E-state index contributed by atoms with van der Waals surface area (Å²) in [7, 11) is 3.91. The molecule has 120 valence electrons. The van der Waals surface area contributed by atoms with Gasteiger partial charge in [-0.2, -0.15) is 0 Å². The van der Waals surface area contributed by atoms with Crippen LogP contribution in [0.4, 0.5) is 0 Å². The van der Waals surface area contributed by atoms with E-state index in [0.29, 0.717) is 11.8 Å². The Morgan fingerprint density at radius 3 is 2.83 bits per heavy atom. The van der Waals surface area contributed by atoms with Gasteiger partial charge in [-0.15, -0.1) is 15.3 Å². The van der Waals surface area contributed by atoms with Gasteiger partial charge in [0.05, 0.1) is 11.6 Å². The Morgan fingerprint density at radius 2 is 2.00 bits per heavy atom. The van der Waals surface area contributed by atoms with E-state index >= 15 is 0 Å². The molecule has 0 saturated carbocycles. The van der Waals surface area contributed by atoms with Crippen LogP contribution in [0.15, 0.2) is 22.6 Å². The summed E-state index contributed by atoms with van der Waals surface area (Å²) in [6.07, 6.45) is -0.0435. The van der Waals surface area contributed by atoms with Crippen LogP contribution < -0.4 is 0 Å². The number of benzene rings is 1. The molecule has 1 aliphatic heterocycles. The van der Waals surface area contributed by atoms with Gasteiger partial charge in [-0.3, -0.25) is 0 Å². The van der Waals surface area contributed by atoms with E-state index in [0.717, 1.165) is 29.7 Å². The maximum absolute atomic E-state index is 5.91. The summed E-state index contributed by atoms with van der Waals surface area (Å²) in [5.74, 6) is 0.995. The summed E-state index contributed by atoms with van der Waals surface area (Å²) < 4.78 is 13.5. The Hall–Kier alpha value is -2.32. The first-order valence-corrected chi connectivity index (χ1v) is 7.57. The van der Waals surface area contributed by atoms with Crippen molar-refractivity contribution in [3.8, 4) is 11.5 Å². The summed E-state index contributed by atoms with van der Waals surface area (Å²) in [4.78, 5) is 2.20. The largest absolute Gasteiger partial charge is 0.418 e. The van der Waals surface area contributed by atoms with Crippen molar-refractivity contribution in [1.82, 2.24) is 30.1 Å². The van der Waals surface area contributed by atoms with Gasteiger partial charge in [0, 0.05) is 25.7 Å². The summed E-state index contributed by atoms with van der Waals surface area (Å²) in [6.45, 7) is 3.70. The number of likely N-dealkylation sites (N-methyl/N-ethyl adjacent to an activating group) is 1. The van der Waals surface area contributed by atoms with Crippen molar-refractivity contribution >= 4 is 11.0 Å². The second kappa shape index (κ2) is 5.39. The lowest BCUT2D eigenvalue weighted by atomic mass is 10.2. The smallest absolute Gasteiger partial charge is 0.247 e. The highest BCUT2D eigenvalue weighted by molar-refractivity contribution is 5.79. The maximum Gasteiger partial charge on any atom is 0.247 e. The van der Waals surface area contributed by atoms with E-state index in [4.69, 9.17) is 9.15 Å². The monoisotopic (exact) mass is 314 g/mol. The molecule has 2 atom stereocenters. The minimum absolute atomic E-state index is 0.144. The predicted octanol–water partition coefficient (Wildman–Crippen LogP) is 1.41. The molecule has 0 amide bonds. The molecule has 2 aromatic heterocycles. The molecule has 1 aromatic carbocycles. The number of fused-ring (bicyclic) bond motifs is 1. The summed E-state index contributed by atoms with van der Waals surface area (Å²) >= 11 is 0. The van der Waals surface area contributed by atoms with Crippen molar-refractivity contribution in [3.05, 3.63) is 24.1 Å². The zero-order chi connectivity index (χ0) is 16.0. The van der Waals surface area contributed by atoms with E-state index in [-0.39, 0.29) is 12.2 Å². The van der Waals surface area contributed by atoms with Gasteiger partial charge in [-0.05, 0) is 32.2 Å². The summed E-state index contributed by atoms with van der Waals surface area (Å²) in [5, 5.41) is 16.4. The topological polar surface area (TPSA) is 82.1 Å². The van der Waals surface area contributed by atoms with E-state index in [1.165, 1.54) is 0 Å². The molecule has 23 heavy (non-hydrogen) atoms. The van der Waals surface area contributed by atoms with Gasteiger partial charge in [-0.1, -0.05) is 5.21 Å². The first-order chi connectivity index (χ1) is 11.1. The molecule has 0 radical (unpaired) electrons. The highest BCUT2D eigenvalue weighted by Crippen LogP contribution is 2.27. The van der Waals surface area contributed by atoms with Crippen LogP contribution in [-0.2, 0) is 11.8 Å². The van der Waals surface area contributed by atoms with Crippen LogP contribution >= 0.6 is 0 Å². The number of aryl methyl sites for hydroxylation is 1. The molecule has 8 heteroatoms. The molecule has 3 heterocycles. The third-order valence-electron chi connectivity index (χ3n) is 4.02. The number of morpholine rings is 1. The molecule has 1 saturated heterocycles. The van der Waals surface area contributed by atoms with E-state index < -0.39 is 0 Å². The van der Waals surface area contributed by atoms with Crippen LogP contribution in [0, 0.1) is 0 Å². The Kier molecular flexibility index (Phi) is 3.35. The van der Waals surface area contributed by atoms with Gasteiger partial charge >= 0.3 is 0 Å². The van der Waals surface area contributed by atoms with Crippen LogP contribution in [0.25, 0.3) is 22.5 Å². The molecule has 1 aliphatic rings. The average Bonchev–Trinajstić information content (AvgIpc) is 3.14. The zero-order valence-electron chi connectivity index (χ0n) is 13.3. The van der Waals surface area contributed by atoms with Gasteiger partial charge in [0.1, 0.15) is 11.6 Å². The Labute approximate surface area is 133 Å². The average molecular weight is 314 g/mol.